The smallest absolute Gasteiger partial charge is 0.330 e. The van der Waals surface area contributed by atoms with Crippen molar-refractivity contribution in [2.24, 2.45) is 11.3 Å². The van der Waals surface area contributed by atoms with Gasteiger partial charge in [-0.15, -0.1) is 5.06 Å². The summed E-state index contributed by atoms with van der Waals surface area (Å²) < 4.78 is 5.84. The summed E-state index contributed by atoms with van der Waals surface area (Å²) in [4.78, 5) is 29.3. The van der Waals surface area contributed by atoms with Crippen molar-refractivity contribution in [1.29, 1.82) is 0 Å². The molecule has 2 unspecified atom stereocenters. The van der Waals surface area contributed by atoms with E-state index in [0.29, 0.717) is 19.7 Å². The first-order chi connectivity index (χ1) is 13.9. The molecule has 0 bridgehead atoms. The molecule has 5 heteroatoms. The second kappa shape index (κ2) is 9.23. The van der Waals surface area contributed by atoms with Gasteiger partial charge in [0.1, 0.15) is 18.6 Å². The van der Waals surface area contributed by atoms with Crippen LogP contribution in [0.2, 0.25) is 0 Å². The Bertz CT molecular complexity index is 811. The molecule has 0 spiro atoms. The normalized spacial score (nSPS) is 20.1. The van der Waals surface area contributed by atoms with Crippen LogP contribution in [0.1, 0.15) is 44.2 Å². The molecular weight excluding hydrogens is 366 g/mol. The van der Waals surface area contributed by atoms with Crippen molar-refractivity contribution in [2.75, 3.05) is 13.1 Å². The number of rotatable bonds is 6. The maximum absolute atomic E-state index is 12.1. The number of hydroxylamine groups is 2. The number of carbonyl (C=O) groups is 2. The highest BCUT2D eigenvalue weighted by atomic mass is 16.7. The van der Waals surface area contributed by atoms with E-state index in [1.54, 1.807) is 5.06 Å². The zero-order valence-corrected chi connectivity index (χ0v) is 17.3. The van der Waals surface area contributed by atoms with Crippen LogP contribution in [0.5, 0.6) is 5.75 Å². The molecule has 5 nitrogen and oxygen atoms in total. The molecular formula is C24H29NO4. The van der Waals surface area contributed by atoms with Gasteiger partial charge in [-0.1, -0.05) is 42.5 Å². The van der Waals surface area contributed by atoms with Crippen molar-refractivity contribution < 1.29 is 19.2 Å². The zero-order valence-electron chi connectivity index (χ0n) is 17.3. The number of piperidine rings is 1. The molecule has 3 rings (SSSR count). The van der Waals surface area contributed by atoms with E-state index >= 15 is 0 Å². The van der Waals surface area contributed by atoms with Crippen LogP contribution in [0.15, 0.2) is 54.6 Å². The van der Waals surface area contributed by atoms with Crippen LogP contribution in [-0.2, 0) is 21.0 Å². The highest BCUT2D eigenvalue weighted by Crippen LogP contribution is 2.33. The molecule has 2 aromatic rings. The molecule has 0 aromatic heterocycles. The number of nitrogens with zero attached hydrogens (tertiary/aromatic N) is 1. The quantitative estimate of drug-likeness (QED) is 0.680. The molecule has 2 atom stereocenters. The van der Waals surface area contributed by atoms with E-state index in [2.05, 4.69) is 0 Å². The Labute approximate surface area is 172 Å². The summed E-state index contributed by atoms with van der Waals surface area (Å²) in [6.07, 6.45) is 1.73. The van der Waals surface area contributed by atoms with E-state index in [1.165, 1.54) is 0 Å². The third-order valence-electron chi connectivity index (χ3n) is 5.18. The van der Waals surface area contributed by atoms with Crippen molar-refractivity contribution in [2.45, 2.75) is 39.7 Å². The van der Waals surface area contributed by atoms with Crippen LogP contribution in [0.25, 0.3) is 0 Å². The monoisotopic (exact) mass is 395 g/mol. The van der Waals surface area contributed by atoms with Gasteiger partial charge in [0.15, 0.2) is 0 Å². The topological polar surface area (TPSA) is 55.8 Å². The number of aldehydes is 1. The summed E-state index contributed by atoms with van der Waals surface area (Å²) in [5.41, 5.74) is 1.66. The number of carbonyl (C=O) groups excluding carboxylic acids is 2. The van der Waals surface area contributed by atoms with Crippen LogP contribution >= 0.6 is 0 Å². The lowest BCUT2D eigenvalue weighted by Crippen LogP contribution is -2.43. The molecule has 0 radical (unpaired) electrons. The minimum absolute atomic E-state index is 0.111. The van der Waals surface area contributed by atoms with Gasteiger partial charge in [0.25, 0.3) is 0 Å². The maximum atomic E-state index is 12.1. The first-order valence-electron chi connectivity index (χ1n) is 10.1. The van der Waals surface area contributed by atoms with Gasteiger partial charge in [-0.2, -0.15) is 0 Å². The van der Waals surface area contributed by atoms with E-state index in [0.717, 1.165) is 29.6 Å². The second-order valence-corrected chi connectivity index (χ2v) is 8.56. The third kappa shape index (κ3) is 5.67. The SMILES string of the molecule is CC(C)(C)C(=O)ON1CCC(c2ccc(OCc3ccccc3)cc2)C(C=O)C1. The molecule has 1 aliphatic heterocycles. The predicted molar refractivity (Wildman–Crippen MR) is 111 cm³/mol. The zero-order chi connectivity index (χ0) is 20.9. The number of hydrogen-bond acceptors (Lipinski definition) is 5. The summed E-state index contributed by atoms with van der Waals surface area (Å²) >= 11 is 0. The van der Waals surface area contributed by atoms with E-state index in [4.69, 9.17) is 9.57 Å². The van der Waals surface area contributed by atoms with Crippen molar-refractivity contribution in [3.05, 3.63) is 65.7 Å². The van der Waals surface area contributed by atoms with Gasteiger partial charge in [0.2, 0.25) is 0 Å². The fraction of sp³-hybridized carbons (Fsp3) is 0.417. The molecule has 1 heterocycles. The van der Waals surface area contributed by atoms with Crippen LogP contribution in [0.3, 0.4) is 0 Å². The molecule has 0 aliphatic carbocycles. The molecule has 1 fully saturated rings. The van der Waals surface area contributed by atoms with E-state index in [-0.39, 0.29) is 17.8 Å². The minimum atomic E-state index is -0.566. The second-order valence-electron chi connectivity index (χ2n) is 8.56. The standard InChI is InChI=1S/C24H29NO4/c1-24(2,3)23(27)29-25-14-13-22(20(15-25)16-26)19-9-11-21(12-10-19)28-17-18-7-5-4-6-8-18/h4-12,16,20,22H,13-15,17H2,1-3H3. The van der Waals surface area contributed by atoms with Gasteiger partial charge in [0.05, 0.1) is 5.41 Å². The first-order valence-corrected chi connectivity index (χ1v) is 10.1. The number of benzene rings is 2. The Morgan fingerprint density at radius 1 is 1.10 bits per heavy atom. The lowest BCUT2D eigenvalue weighted by molar-refractivity contribution is -0.208. The Balaban J connectivity index is 1.58. The fourth-order valence-corrected chi connectivity index (χ4v) is 3.39. The number of hydrogen-bond donors (Lipinski definition) is 0. The van der Waals surface area contributed by atoms with Crippen LogP contribution < -0.4 is 4.74 Å². The highest BCUT2D eigenvalue weighted by molar-refractivity contribution is 5.75. The predicted octanol–water partition coefficient (Wildman–Crippen LogP) is 4.37. The Morgan fingerprint density at radius 3 is 2.41 bits per heavy atom. The fourth-order valence-electron chi connectivity index (χ4n) is 3.39. The van der Waals surface area contributed by atoms with Gasteiger partial charge >= 0.3 is 5.97 Å². The first kappa shape index (κ1) is 21.1. The van der Waals surface area contributed by atoms with Crippen LogP contribution in [0.4, 0.5) is 0 Å². The Morgan fingerprint density at radius 2 is 1.79 bits per heavy atom. The third-order valence-corrected chi connectivity index (χ3v) is 5.18. The van der Waals surface area contributed by atoms with Gasteiger partial charge in [0, 0.05) is 19.0 Å². The molecule has 0 amide bonds. The van der Waals surface area contributed by atoms with E-state index in [9.17, 15) is 9.59 Å². The van der Waals surface area contributed by atoms with E-state index < -0.39 is 5.41 Å². The van der Waals surface area contributed by atoms with Crippen molar-refractivity contribution >= 4 is 12.3 Å². The molecule has 154 valence electrons. The van der Waals surface area contributed by atoms with Crippen molar-refractivity contribution in [3.8, 4) is 5.75 Å². The molecule has 29 heavy (non-hydrogen) atoms. The van der Waals surface area contributed by atoms with Crippen molar-refractivity contribution in [3.63, 3.8) is 0 Å². The minimum Gasteiger partial charge on any atom is -0.489 e. The molecule has 0 saturated carbocycles. The largest absolute Gasteiger partial charge is 0.489 e. The van der Waals surface area contributed by atoms with Gasteiger partial charge < -0.3 is 14.4 Å². The Hall–Kier alpha value is -2.66. The highest BCUT2D eigenvalue weighted by Gasteiger charge is 2.34. The van der Waals surface area contributed by atoms with Crippen LogP contribution in [-0.4, -0.2) is 30.4 Å². The summed E-state index contributed by atoms with van der Waals surface area (Å²) in [7, 11) is 0. The molecule has 2 aromatic carbocycles. The lowest BCUT2D eigenvalue weighted by atomic mass is 9.82. The van der Waals surface area contributed by atoms with Gasteiger partial charge in [-0.3, -0.25) is 0 Å². The lowest BCUT2D eigenvalue weighted by Gasteiger charge is -2.36. The summed E-state index contributed by atoms with van der Waals surface area (Å²) in [5.74, 6) is 0.421. The summed E-state index contributed by atoms with van der Waals surface area (Å²) in [5, 5.41) is 1.63. The molecule has 0 N–H and O–H groups in total. The van der Waals surface area contributed by atoms with Gasteiger partial charge in [-0.05, 0) is 56.4 Å². The summed E-state index contributed by atoms with van der Waals surface area (Å²) in [6.45, 7) is 7.02. The average molecular weight is 395 g/mol. The average Bonchev–Trinajstić information content (AvgIpc) is 2.72. The number of ether oxygens (including phenoxy) is 1. The molecule has 1 aliphatic rings. The molecule has 1 saturated heterocycles. The van der Waals surface area contributed by atoms with E-state index in [1.807, 2.05) is 75.4 Å². The van der Waals surface area contributed by atoms with Gasteiger partial charge in [-0.25, -0.2) is 4.79 Å². The van der Waals surface area contributed by atoms with Crippen LogP contribution in [0, 0.1) is 11.3 Å². The maximum Gasteiger partial charge on any atom is 0.330 e. The summed E-state index contributed by atoms with van der Waals surface area (Å²) in [6, 6.07) is 18.0. The Kier molecular flexibility index (Phi) is 6.70. The van der Waals surface area contributed by atoms with Crippen molar-refractivity contribution in [1.82, 2.24) is 5.06 Å².